The third-order valence-corrected chi connectivity index (χ3v) is 3.86. The van der Waals surface area contributed by atoms with Crippen LogP contribution in [-0.2, 0) is 17.6 Å². The molecule has 0 bridgehead atoms. The molecule has 1 atom stereocenters. The lowest BCUT2D eigenvalue weighted by atomic mass is 10.0. The van der Waals surface area contributed by atoms with Crippen LogP contribution in [-0.4, -0.2) is 17.0 Å². The summed E-state index contributed by atoms with van der Waals surface area (Å²) in [5.74, 6) is -1.21. The van der Waals surface area contributed by atoms with Crippen LogP contribution in [0.5, 0.6) is 0 Å². The Labute approximate surface area is 136 Å². The number of nitrogens with one attached hydrogen (secondary N) is 1. The van der Waals surface area contributed by atoms with Gasteiger partial charge in [0.05, 0.1) is 18.0 Å². The standard InChI is InChI=1S/C19H21NO3/c1-3-14-8-10-15(11-9-14)13(2)20-18(21)12-16-6-4-5-7-17(16)19(22)23/h4-11,13H,3,12H2,1-2H3,(H,20,21)(H,22,23). The molecule has 1 unspecified atom stereocenters. The Morgan fingerprint density at radius 3 is 2.35 bits per heavy atom. The van der Waals surface area contributed by atoms with Crippen LogP contribution in [0, 0.1) is 0 Å². The summed E-state index contributed by atoms with van der Waals surface area (Å²) >= 11 is 0. The van der Waals surface area contributed by atoms with Crippen LogP contribution >= 0.6 is 0 Å². The summed E-state index contributed by atoms with van der Waals surface area (Å²) in [7, 11) is 0. The molecular formula is C19H21NO3. The largest absolute Gasteiger partial charge is 0.478 e. The SMILES string of the molecule is CCc1ccc(C(C)NC(=O)Cc2ccccc2C(=O)O)cc1. The van der Waals surface area contributed by atoms with E-state index >= 15 is 0 Å². The van der Waals surface area contributed by atoms with Crippen molar-refractivity contribution in [3.05, 3.63) is 70.8 Å². The Hall–Kier alpha value is -2.62. The second kappa shape index (κ2) is 7.58. The van der Waals surface area contributed by atoms with Crippen molar-refractivity contribution in [2.45, 2.75) is 32.7 Å². The normalized spacial score (nSPS) is 11.7. The third kappa shape index (κ3) is 4.42. The van der Waals surface area contributed by atoms with Crippen LogP contribution in [0.15, 0.2) is 48.5 Å². The highest BCUT2D eigenvalue weighted by Crippen LogP contribution is 2.15. The molecule has 2 N–H and O–H groups in total. The Balaban J connectivity index is 2.03. The van der Waals surface area contributed by atoms with Crippen molar-refractivity contribution in [1.29, 1.82) is 0 Å². The highest BCUT2D eigenvalue weighted by molar-refractivity contribution is 5.91. The molecule has 2 aromatic rings. The summed E-state index contributed by atoms with van der Waals surface area (Å²) in [4.78, 5) is 23.4. The van der Waals surface area contributed by atoms with Crippen LogP contribution in [0.4, 0.5) is 0 Å². The number of aryl methyl sites for hydroxylation is 1. The number of hydrogen-bond donors (Lipinski definition) is 2. The molecule has 0 saturated carbocycles. The Bertz CT molecular complexity index is 692. The first-order valence-electron chi connectivity index (χ1n) is 7.70. The summed E-state index contributed by atoms with van der Waals surface area (Å²) in [6, 6.07) is 14.6. The zero-order valence-corrected chi connectivity index (χ0v) is 13.4. The molecule has 0 aromatic heterocycles. The Morgan fingerprint density at radius 1 is 1.09 bits per heavy atom. The zero-order valence-electron chi connectivity index (χ0n) is 13.4. The molecular weight excluding hydrogens is 290 g/mol. The minimum absolute atomic E-state index is 0.0554. The summed E-state index contributed by atoms with van der Waals surface area (Å²) in [6.45, 7) is 4.02. The maximum Gasteiger partial charge on any atom is 0.335 e. The van der Waals surface area contributed by atoms with Gasteiger partial charge in [-0.25, -0.2) is 4.79 Å². The van der Waals surface area contributed by atoms with Crippen LogP contribution < -0.4 is 5.32 Å². The topological polar surface area (TPSA) is 66.4 Å². The quantitative estimate of drug-likeness (QED) is 0.859. The molecule has 0 aliphatic rings. The van der Waals surface area contributed by atoms with Crippen molar-refractivity contribution < 1.29 is 14.7 Å². The van der Waals surface area contributed by atoms with E-state index in [0.717, 1.165) is 12.0 Å². The predicted octanol–water partition coefficient (Wildman–Crippen LogP) is 3.37. The smallest absolute Gasteiger partial charge is 0.335 e. The van der Waals surface area contributed by atoms with Gasteiger partial charge in [0.15, 0.2) is 0 Å². The van der Waals surface area contributed by atoms with Gasteiger partial charge in [0.25, 0.3) is 0 Å². The summed E-state index contributed by atoms with van der Waals surface area (Å²) in [5, 5.41) is 12.1. The van der Waals surface area contributed by atoms with Crippen molar-refractivity contribution in [3.63, 3.8) is 0 Å². The van der Waals surface area contributed by atoms with Gasteiger partial charge in [0.1, 0.15) is 0 Å². The van der Waals surface area contributed by atoms with E-state index in [1.807, 2.05) is 19.1 Å². The molecule has 0 saturated heterocycles. The van der Waals surface area contributed by atoms with Gasteiger partial charge < -0.3 is 10.4 Å². The minimum Gasteiger partial charge on any atom is -0.478 e. The maximum atomic E-state index is 12.2. The number of carboxylic acids is 1. The molecule has 2 rings (SSSR count). The lowest BCUT2D eigenvalue weighted by Crippen LogP contribution is -2.28. The van der Waals surface area contributed by atoms with Crippen LogP contribution in [0.2, 0.25) is 0 Å². The maximum absolute atomic E-state index is 12.2. The molecule has 120 valence electrons. The molecule has 0 fully saturated rings. The first-order valence-corrected chi connectivity index (χ1v) is 7.70. The summed E-state index contributed by atoms with van der Waals surface area (Å²) < 4.78 is 0. The fraction of sp³-hybridized carbons (Fsp3) is 0.263. The average Bonchev–Trinajstić information content (AvgIpc) is 2.55. The molecule has 0 radical (unpaired) electrons. The molecule has 2 aromatic carbocycles. The number of carboxylic acid groups (broad SMARTS) is 1. The summed E-state index contributed by atoms with van der Waals surface area (Å²) in [5.41, 5.74) is 2.97. The third-order valence-electron chi connectivity index (χ3n) is 3.86. The highest BCUT2D eigenvalue weighted by atomic mass is 16.4. The van der Waals surface area contributed by atoms with Crippen molar-refractivity contribution >= 4 is 11.9 Å². The zero-order chi connectivity index (χ0) is 16.8. The number of benzene rings is 2. The molecule has 0 spiro atoms. The van der Waals surface area contributed by atoms with E-state index in [-0.39, 0.29) is 23.9 Å². The first kappa shape index (κ1) is 16.7. The summed E-state index contributed by atoms with van der Waals surface area (Å²) in [6.07, 6.45) is 1.03. The fourth-order valence-corrected chi connectivity index (χ4v) is 2.47. The van der Waals surface area contributed by atoms with E-state index in [2.05, 4.69) is 24.4 Å². The number of amides is 1. The lowest BCUT2D eigenvalue weighted by Gasteiger charge is -2.15. The van der Waals surface area contributed by atoms with Crippen molar-refractivity contribution in [2.24, 2.45) is 0 Å². The minimum atomic E-state index is -1.02. The van der Waals surface area contributed by atoms with Crippen LogP contribution in [0.1, 0.15) is 46.9 Å². The average molecular weight is 311 g/mol. The van der Waals surface area contributed by atoms with Gasteiger partial charge in [0.2, 0.25) is 5.91 Å². The van der Waals surface area contributed by atoms with E-state index in [9.17, 15) is 9.59 Å². The van der Waals surface area contributed by atoms with E-state index in [1.165, 1.54) is 11.6 Å². The highest BCUT2D eigenvalue weighted by Gasteiger charge is 2.14. The lowest BCUT2D eigenvalue weighted by molar-refractivity contribution is -0.121. The predicted molar refractivity (Wildman–Crippen MR) is 89.5 cm³/mol. The molecule has 0 heterocycles. The van der Waals surface area contributed by atoms with Crippen molar-refractivity contribution in [3.8, 4) is 0 Å². The van der Waals surface area contributed by atoms with Crippen LogP contribution in [0.25, 0.3) is 0 Å². The number of hydrogen-bond acceptors (Lipinski definition) is 2. The molecule has 0 aliphatic heterocycles. The van der Waals surface area contributed by atoms with Crippen LogP contribution in [0.3, 0.4) is 0 Å². The number of aromatic carboxylic acids is 1. The van der Waals surface area contributed by atoms with Crippen molar-refractivity contribution in [2.75, 3.05) is 0 Å². The van der Waals surface area contributed by atoms with Gasteiger partial charge in [-0.3, -0.25) is 4.79 Å². The number of rotatable bonds is 6. The van der Waals surface area contributed by atoms with Gasteiger partial charge in [-0.05, 0) is 36.1 Å². The molecule has 4 nitrogen and oxygen atoms in total. The van der Waals surface area contributed by atoms with Gasteiger partial charge in [0, 0.05) is 0 Å². The molecule has 1 amide bonds. The number of carbonyl (C=O) groups excluding carboxylic acids is 1. The Morgan fingerprint density at radius 2 is 1.74 bits per heavy atom. The van der Waals surface area contributed by atoms with Crippen molar-refractivity contribution in [1.82, 2.24) is 5.32 Å². The van der Waals surface area contributed by atoms with E-state index in [1.54, 1.807) is 18.2 Å². The monoisotopic (exact) mass is 311 g/mol. The first-order chi connectivity index (χ1) is 11.0. The van der Waals surface area contributed by atoms with E-state index < -0.39 is 5.97 Å². The number of carbonyl (C=O) groups is 2. The van der Waals surface area contributed by atoms with Gasteiger partial charge in [-0.15, -0.1) is 0 Å². The van der Waals surface area contributed by atoms with Gasteiger partial charge in [-0.2, -0.15) is 0 Å². The molecule has 23 heavy (non-hydrogen) atoms. The van der Waals surface area contributed by atoms with E-state index in [0.29, 0.717) is 5.56 Å². The fourth-order valence-electron chi connectivity index (χ4n) is 2.47. The van der Waals surface area contributed by atoms with E-state index in [4.69, 9.17) is 5.11 Å². The van der Waals surface area contributed by atoms with Gasteiger partial charge in [-0.1, -0.05) is 49.4 Å². The molecule has 4 heteroatoms. The molecule has 0 aliphatic carbocycles. The second-order valence-corrected chi connectivity index (χ2v) is 5.52. The van der Waals surface area contributed by atoms with Gasteiger partial charge >= 0.3 is 5.97 Å². The second-order valence-electron chi connectivity index (χ2n) is 5.52. The Kier molecular flexibility index (Phi) is 5.52.